The van der Waals surface area contributed by atoms with E-state index < -0.39 is 0 Å². The molecule has 0 saturated carbocycles. The Morgan fingerprint density at radius 1 is 1.23 bits per heavy atom. The van der Waals surface area contributed by atoms with Crippen LogP contribution in [0.25, 0.3) is 11.3 Å². The van der Waals surface area contributed by atoms with Crippen LogP contribution in [0.4, 0.5) is 5.82 Å². The van der Waals surface area contributed by atoms with Gasteiger partial charge in [0.15, 0.2) is 0 Å². The lowest BCUT2D eigenvalue weighted by atomic mass is 10.1. The van der Waals surface area contributed by atoms with Gasteiger partial charge in [0.1, 0.15) is 5.82 Å². The number of carbonyl (C=O) groups is 1. The first-order valence-corrected chi connectivity index (χ1v) is 6.89. The maximum atomic E-state index is 11.4. The third kappa shape index (κ3) is 2.88. The summed E-state index contributed by atoms with van der Waals surface area (Å²) in [6.07, 6.45) is 8.93. The molecule has 0 radical (unpaired) electrons. The number of aromatic nitrogens is 2. The summed E-state index contributed by atoms with van der Waals surface area (Å²) in [5.74, 6) is 0.491. The van der Waals surface area contributed by atoms with Crippen LogP contribution in [0.1, 0.15) is 0 Å². The van der Waals surface area contributed by atoms with Gasteiger partial charge in [-0.1, -0.05) is 12.1 Å². The highest BCUT2D eigenvalue weighted by Crippen LogP contribution is 2.20. The predicted molar refractivity (Wildman–Crippen MR) is 84.1 cm³/mol. The van der Waals surface area contributed by atoms with Crippen LogP contribution in [0.5, 0.6) is 0 Å². The molecule has 3 rings (SSSR count). The zero-order valence-electron chi connectivity index (χ0n) is 12.1. The van der Waals surface area contributed by atoms with E-state index in [-0.39, 0.29) is 5.97 Å². The molecule has 0 saturated heterocycles. The average molecular weight is 293 g/mol. The van der Waals surface area contributed by atoms with Crippen molar-refractivity contribution in [3.8, 4) is 11.3 Å². The number of hydrogen-bond donors (Lipinski definition) is 0. The molecule has 0 aromatic carbocycles. The van der Waals surface area contributed by atoms with Gasteiger partial charge < -0.3 is 9.64 Å². The van der Waals surface area contributed by atoms with Crippen molar-refractivity contribution in [3.05, 3.63) is 66.7 Å². The number of nitrogens with zero attached hydrogens (tertiary/aromatic N) is 3. The lowest BCUT2D eigenvalue weighted by Crippen LogP contribution is -2.21. The standard InChI is InChI=1S/C17H15N3O2/c1-22-17(21)13-7-10-20(11-8-13)16-6-5-14(12-19-16)15-4-2-3-9-18-15/h2-10,12H,11H2,1H3. The van der Waals surface area contributed by atoms with Gasteiger partial charge in [0.2, 0.25) is 0 Å². The molecule has 0 atom stereocenters. The van der Waals surface area contributed by atoms with Crippen LogP contribution in [0.3, 0.4) is 0 Å². The third-order valence-electron chi connectivity index (χ3n) is 3.37. The van der Waals surface area contributed by atoms with E-state index in [0.29, 0.717) is 12.1 Å². The van der Waals surface area contributed by atoms with Gasteiger partial charge in [0, 0.05) is 30.7 Å². The second kappa shape index (κ2) is 6.22. The summed E-state index contributed by atoms with van der Waals surface area (Å²) in [4.78, 5) is 22.1. The van der Waals surface area contributed by atoms with E-state index in [1.54, 1.807) is 18.5 Å². The molecule has 2 aromatic rings. The maximum Gasteiger partial charge on any atom is 0.337 e. The molecule has 2 aromatic heterocycles. The summed E-state index contributed by atoms with van der Waals surface area (Å²) < 4.78 is 4.70. The van der Waals surface area contributed by atoms with Crippen LogP contribution in [0.2, 0.25) is 0 Å². The van der Waals surface area contributed by atoms with Crippen molar-refractivity contribution in [1.29, 1.82) is 0 Å². The Labute approximate surface area is 128 Å². The van der Waals surface area contributed by atoms with Crippen molar-refractivity contribution in [2.45, 2.75) is 0 Å². The van der Waals surface area contributed by atoms with E-state index in [1.807, 2.05) is 47.5 Å². The van der Waals surface area contributed by atoms with Gasteiger partial charge in [-0.15, -0.1) is 0 Å². The van der Waals surface area contributed by atoms with Gasteiger partial charge in [0.25, 0.3) is 0 Å². The molecule has 22 heavy (non-hydrogen) atoms. The molecular formula is C17H15N3O2. The van der Waals surface area contributed by atoms with E-state index >= 15 is 0 Å². The molecule has 1 aliphatic rings. The zero-order valence-corrected chi connectivity index (χ0v) is 12.1. The minimum Gasteiger partial charge on any atom is -0.465 e. The molecule has 3 heterocycles. The first-order valence-electron chi connectivity index (χ1n) is 6.89. The van der Waals surface area contributed by atoms with Crippen LogP contribution < -0.4 is 4.90 Å². The van der Waals surface area contributed by atoms with E-state index in [9.17, 15) is 4.79 Å². The van der Waals surface area contributed by atoms with E-state index in [1.165, 1.54) is 7.11 Å². The second-order valence-corrected chi connectivity index (χ2v) is 4.74. The molecule has 0 spiro atoms. The van der Waals surface area contributed by atoms with Gasteiger partial charge in [0.05, 0.1) is 18.4 Å². The fraction of sp³-hybridized carbons (Fsp3) is 0.118. The van der Waals surface area contributed by atoms with Crippen molar-refractivity contribution >= 4 is 11.8 Å². The molecule has 5 heteroatoms. The van der Waals surface area contributed by atoms with Crippen LogP contribution >= 0.6 is 0 Å². The Morgan fingerprint density at radius 2 is 2.14 bits per heavy atom. The quantitative estimate of drug-likeness (QED) is 0.814. The van der Waals surface area contributed by atoms with E-state index in [0.717, 1.165) is 17.1 Å². The molecule has 5 nitrogen and oxygen atoms in total. The SMILES string of the molecule is COC(=O)C1=CCN(c2ccc(-c3ccccn3)cn2)C=C1. The second-order valence-electron chi connectivity index (χ2n) is 4.74. The van der Waals surface area contributed by atoms with E-state index in [4.69, 9.17) is 4.74 Å². The summed E-state index contributed by atoms with van der Waals surface area (Å²) in [5, 5.41) is 0. The van der Waals surface area contributed by atoms with Gasteiger partial charge in [-0.2, -0.15) is 0 Å². The molecular weight excluding hydrogens is 278 g/mol. The van der Waals surface area contributed by atoms with Crippen LogP contribution in [0.15, 0.2) is 66.7 Å². The Kier molecular flexibility index (Phi) is 3.96. The Hall–Kier alpha value is -2.95. The molecule has 110 valence electrons. The minimum absolute atomic E-state index is 0.325. The monoisotopic (exact) mass is 293 g/mol. The van der Waals surface area contributed by atoms with Crippen molar-refractivity contribution in [1.82, 2.24) is 9.97 Å². The number of carbonyl (C=O) groups excluding carboxylic acids is 1. The highest BCUT2D eigenvalue weighted by atomic mass is 16.5. The van der Waals surface area contributed by atoms with Crippen LogP contribution in [-0.4, -0.2) is 29.6 Å². The van der Waals surface area contributed by atoms with Gasteiger partial charge in [-0.05, 0) is 30.3 Å². The molecule has 0 bridgehead atoms. The summed E-state index contributed by atoms with van der Waals surface area (Å²) >= 11 is 0. The first kappa shape index (κ1) is 14.0. The molecule has 0 N–H and O–H groups in total. The highest BCUT2D eigenvalue weighted by molar-refractivity contribution is 5.92. The van der Waals surface area contributed by atoms with Gasteiger partial charge >= 0.3 is 5.97 Å². The molecule has 0 unspecified atom stereocenters. The normalized spacial score (nSPS) is 13.7. The fourth-order valence-electron chi connectivity index (χ4n) is 2.18. The van der Waals surface area contributed by atoms with Crippen LogP contribution in [0, 0.1) is 0 Å². The van der Waals surface area contributed by atoms with Crippen molar-refractivity contribution in [2.24, 2.45) is 0 Å². The Balaban J connectivity index is 1.74. The summed E-state index contributed by atoms with van der Waals surface area (Å²) in [7, 11) is 1.38. The first-order chi connectivity index (χ1) is 10.8. The lowest BCUT2D eigenvalue weighted by Gasteiger charge is -2.21. The molecule has 0 amide bonds. The fourth-order valence-corrected chi connectivity index (χ4v) is 2.18. The number of hydrogen-bond acceptors (Lipinski definition) is 5. The van der Waals surface area contributed by atoms with Crippen LogP contribution in [-0.2, 0) is 9.53 Å². The zero-order chi connectivity index (χ0) is 15.4. The number of esters is 1. The molecule has 1 aliphatic heterocycles. The average Bonchev–Trinajstić information content (AvgIpc) is 2.62. The summed E-state index contributed by atoms with van der Waals surface area (Å²) in [6.45, 7) is 0.580. The van der Waals surface area contributed by atoms with Crippen molar-refractivity contribution < 1.29 is 9.53 Å². The Bertz CT molecular complexity index is 721. The summed E-state index contributed by atoms with van der Waals surface area (Å²) in [6, 6.07) is 9.70. The van der Waals surface area contributed by atoms with Gasteiger partial charge in [-0.25, -0.2) is 9.78 Å². The number of ether oxygens (including phenoxy) is 1. The largest absolute Gasteiger partial charge is 0.465 e. The molecule has 0 fully saturated rings. The summed E-state index contributed by atoms with van der Waals surface area (Å²) in [5.41, 5.74) is 2.42. The van der Waals surface area contributed by atoms with E-state index in [2.05, 4.69) is 9.97 Å². The number of anilines is 1. The maximum absolute atomic E-state index is 11.4. The number of pyridine rings is 2. The lowest BCUT2D eigenvalue weighted by molar-refractivity contribution is -0.135. The predicted octanol–water partition coefficient (Wildman–Crippen LogP) is 2.58. The van der Waals surface area contributed by atoms with Crippen molar-refractivity contribution in [2.75, 3.05) is 18.6 Å². The smallest absolute Gasteiger partial charge is 0.337 e. The highest BCUT2D eigenvalue weighted by Gasteiger charge is 2.13. The number of rotatable bonds is 3. The van der Waals surface area contributed by atoms with Crippen molar-refractivity contribution in [3.63, 3.8) is 0 Å². The van der Waals surface area contributed by atoms with Gasteiger partial charge in [-0.3, -0.25) is 4.98 Å². The Morgan fingerprint density at radius 3 is 2.73 bits per heavy atom. The minimum atomic E-state index is -0.325. The molecule has 0 aliphatic carbocycles. The number of methoxy groups -OCH3 is 1. The third-order valence-corrected chi connectivity index (χ3v) is 3.37. The topological polar surface area (TPSA) is 55.3 Å².